The average molecular weight is 257 g/mol. The molecule has 0 spiro atoms. The van der Waals surface area contributed by atoms with Crippen molar-refractivity contribution in [2.45, 2.75) is 19.6 Å². The van der Waals surface area contributed by atoms with Crippen molar-refractivity contribution >= 4 is 11.6 Å². The molecule has 0 radical (unpaired) electrons. The van der Waals surface area contributed by atoms with E-state index in [1.54, 1.807) is 6.07 Å². The van der Waals surface area contributed by atoms with Crippen molar-refractivity contribution in [3.8, 4) is 0 Å². The largest absolute Gasteiger partial charge is 0.394 e. The molecule has 1 heterocycles. The molecule has 8 nitrogen and oxygen atoms in total. The average Bonchev–Trinajstić information content (AvgIpc) is 2.42. The molecule has 0 aliphatic rings. The lowest BCUT2D eigenvalue weighted by molar-refractivity contribution is 0.105. The molecule has 0 saturated carbocycles. The number of nitrogen functional groups attached to an aromatic ring is 1. The van der Waals surface area contributed by atoms with Gasteiger partial charge >= 0.3 is 0 Å². The van der Waals surface area contributed by atoms with Gasteiger partial charge < -0.3 is 25.7 Å². The molecule has 0 amide bonds. The number of ether oxygens (including phenoxy) is 1. The molecule has 0 fully saturated rings. The van der Waals surface area contributed by atoms with Gasteiger partial charge in [0.15, 0.2) is 5.82 Å². The number of hydrogen-bond donors (Lipinski definition) is 5. The number of aliphatic hydroxyl groups is 2. The van der Waals surface area contributed by atoms with Gasteiger partial charge in [-0.1, -0.05) is 0 Å². The van der Waals surface area contributed by atoms with Gasteiger partial charge in [-0.2, -0.15) is 0 Å². The van der Waals surface area contributed by atoms with Crippen LogP contribution >= 0.6 is 0 Å². The van der Waals surface area contributed by atoms with E-state index in [-0.39, 0.29) is 19.8 Å². The minimum atomic E-state index is -0.843. The standard InChI is InChI=1S/C10H19N5O3/c1-2-18-6-10-13-8(3-9(14-10)15-11)12-4-7(17)5-16/h3,7,16-17H,2,4-6,11H2,1H3,(H2,12,13,14,15). The molecule has 102 valence electrons. The molecule has 0 saturated heterocycles. The fourth-order valence-electron chi connectivity index (χ4n) is 1.21. The van der Waals surface area contributed by atoms with Crippen molar-refractivity contribution in [3.05, 3.63) is 11.9 Å². The summed E-state index contributed by atoms with van der Waals surface area (Å²) in [6, 6.07) is 1.60. The minimum absolute atomic E-state index is 0.186. The highest BCUT2D eigenvalue weighted by Gasteiger charge is 2.06. The third-order valence-electron chi connectivity index (χ3n) is 2.09. The van der Waals surface area contributed by atoms with E-state index in [9.17, 15) is 5.11 Å². The molecule has 0 bridgehead atoms. The highest BCUT2D eigenvalue weighted by molar-refractivity contribution is 5.46. The number of nitrogens with two attached hydrogens (primary N) is 1. The summed E-state index contributed by atoms with van der Waals surface area (Å²) in [4.78, 5) is 8.30. The molecule has 1 atom stereocenters. The second-order valence-corrected chi connectivity index (χ2v) is 3.55. The van der Waals surface area contributed by atoms with Gasteiger partial charge in [0, 0.05) is 19.2 Å². The first-order valence-corrected chi connectivity index (χ1v) is 5.64. The summed E-state index contributed by atoms with van der Waals surface area (Å²) in [5, 5.41) is 20.8. The van der Waals surface area contributed by atoms with E-state index < -0.39 is 6.10 Å². The Balaban J connectivity index is 2.70. The number of anilines is 2. The molecule has 0 aliphatic carbocycles. The van der Waals surface area contributed by atoms with Crippen LogP contribution in [0.4, 0.5) is 11.6 Å². The van der Waals surface area contributed by atoms with Gasteiger partial charge in [-0.3, -0.25) is 0 Å². The van der Waals surface area contributed by atoms with Crippen LogP contribution in [0.5, 0.6) is 0 Å². The quantitative estimate of drug-likeness (QED) is 0.298. The van der Waals surface area contributed by atoms with E-state index in [4.69, 9.17) is 15.7 Å². The molecular formula is C10H19N5O3. The Morgan fingerprint density at radius 3 is 2.78 bits per heavy atom. The van der Waals surface area contributed by atoms with Crippen molar-refractivity contribution in [3.63, 3.8) is 0 Å². The monoisotopic (exact) mass is 257 g/mol. The van der Waals surface area contributed by atoms with E-state index >= 15 is 0 Å². The smallest absolute Gasteiger partial charge is 0.158 e. The summed E-state index contributed by atoms with van der Waals surface area (Å²) < 4.78 is 5.21. The third-order valence-corrected chi connectivity index (χ3v) is 2.09. The maximum atomic E-state index is 9.24. The van der Waals surface area contributed by atoms with Crippen LogP contribution in [0.1, 0.15) is 12.7 Å². The van der Waals surface area contributed by atoms with Gasteiger partial charge in [0.1, 0.15) is 18.2 Å². The van der Waals surface area contributed by atoms with Crippen LogP contribution in [0.3, 0.4) is 0 Å². The van der Waals surface area contributed by atoms with E-state index in [1.807, 2.05) is 6.92 Å². The summed E-state index contributed by atoms with van der Waals surface area (Å²) in [6.07, 6.45) is -0.843. The maximum Gasteiger partial charge on any atom is 0.158 e. The van der Waals surface area contributed by atoms with Gasteiger partial charge in [0.05, 0.1) is 12.7 Å². The maximum absolute atomic E-state index is 9.24. The van der Waals surface area contributed by atoms with Gasteiger partial charge in [0.2, 0.25) is 0 Å². The Bertz CT molecular complexity index is 363. The Morgan fingerprint density at radius 1 is 1.44 bits per heavy atom. The predicted octanol–water partition coefficient (Wildman–Crippen LogP) is -0.936. The van der Waals surface area contributed by atoms with Gasteiger partial charge in [-0.05, 0) is 6.92 Å². The molecule has 1 unspecified atom stereocenters. The van der Waals surface area contributed by atoms with Crippen LogP contribution in [0.15, 0.2) is 6.07 Å². The summed E-state index contributed by atoms with van der Waals surface area (Å²) >= 11 is 0. The van der Waals surface area contributed by atoms with Crippen molar-refractivity contribution in [2.24, 2.45) is 5.84 Å². The van der Waals surface area contributed by atoms with Crippen LogP contribution in [-0.4, -0.2) is 46.0 Å². The first-order valence-electron chi connectivity index (χ1n) is 5.64. The zero-order valence-corrected chi connectivity index (χ0v) is 10.3. The van der Waals surface area contributed by atoms with Gasteiger partial charge in [-0.15, -0.1) is 0 Å². The summed E-state index contributed by atoms with van der Waals surface area (Å²) in [5.74, 6) is 6.73. The molecule has 8 heteroatoms. The SMILES string of the molecule is CCOCc1nc(NN)cc(NCC(O)CO)n1. The zero-order chi connectivity index (χ0) is 13.4. The van der Waals surface area contributed by atoms with Crippen LogP contribution in [0, 0.1) is 0 Å². The highest BCUT2D eigenvalue weighted by Crippen LogP contribution is 2.11. The van der Waals surface area contributed by atoms with Crippen molar-refractivity contribution in [2.75, 3.05) is 30.5 Å². The summed E-state index contributed by atoms with van der Waals surface area (Å²) in [6.45, 7) is 2.60. The van der Waals surface area contributed by atoms with Crippen LogP contribution in [0.2, 0.25) is 0 Å². The van der Waals surface area contributed by atoms with Crippen molar-refractivity contribution in [1.82, 2.24) is 9.97 Å². The van der Waals surface area contributed by atoms with E-state index in [1.165, 1.54) is 0 Å². The van der Waals surface area contributed by atoms with E-state index in [2.05, 4.69) is 20.7 Å². The van der Waals surface area contributed by atoms with Gasteiger partial charge in [-0.25, -0.2) is 15.8 Å². The molecule has 0 aliphatic heterocycles. The molecule has 1 aromatic heterocycles. The number of hydrazine groups is 1. The van der Waals surface area contributed by atoms with E-state index in [0.717, 1.165) is 0 Å². The van der Waals surface area contributed by atoms with Crippen LogP contribution < -0.4 is 16.6 Å². The molecule has 0 aromatic carbocycles. The van der Waals surface area contributed by atoms with Crippen molar-refractivity contribution in [1.29, 1.82) is 0 Å². The van der Waals surface area contributed by atoms with E-state index in [0.29, 0.717) is 24.1 Å². The number of nitrogens with one attached hydrogen (secondary N) is 2. The molecular weight excluding hydrogens is 238 g/mol. The zero-order valence-electron chi connectivity index (χ0n) is 10.3. The number of aromatic nitrogens is 2. The summed E-state index contributed by atoms with van der Waals surface area (Å²) in [5.41, 5.74) is 2.43. The number of aliphatic hydroxyl groups excluding tert-OH is 2. The predicted molar refractivity (Wildman–Crippen MR) is 66.8 cm³/mol. The van der Waals surface area contributed by atoms with Gasteiger partial charge in [0.25, 0.3) is 0 Å². The third kappa shape index (κ3) is 4.80. The second kappa shape index (κ2) is 7.77. The topological polar surface area (TPSA) is 126 Å². The lowest BCUT2D eigenvalue weighted by atomic mass is 10.3. The lowest BCUT2D eigenvalue weighted by Gasteiger charge is -2.11. The second-order valence-electron chi connectivity index (χ2n) is 3.55. The Hall–Kier alpha value is -1.48. The molecule has 1 aromatic rings. The first-order chi connectivity index (χ1) is 8.69. The molecule has 6 N–H and O–H groups in total. The fourth-order valence-corrected chi connectivity index (χ4v) is 1.21. The minimum Gasteiger partial charge on any atom is -0.394 e. The lowest BCUT2D eigenvalue weighted by Crippen LogP contribution is -2.24. The Morgan fingerprint density at radius 2 is 2.17 bits per heavy atom. The Labute approximate surface area is 105 Å². The molecule has 18 heavy (non-hydrogen) atoms. The van der Waals surface area contributed by atoms with Crippen LogP contribution in [-0.2, 0) is 11.3 Å². The number of hydrogen-bond acceptors (Lipinski definition) is 8. The highest BCUT2D eigenvalue weighted by atomic mass is 16.5. The summed E-state index contributed by atoms with van der Waals surface area (Å²) in [7, 11) is 0. The first kappa shape index (κ1) is 14.6. The number of nitrogens with zero attached hydrogens (tertiary/aromatic N) is 2. The molecule has 1 rings (SSSR count). The normalized spacial score (nSPS) is 12.2. The van der Waals surface area contributed by atoms with Crippen LogP contribution in [0.25, 0.3) is 0 Å². The Kier molecular flexibility index (Phi) is 6.29. The van der Waals surface area contributed by atoms with Crippen molar-refractivity contribution < 1.29 is 14.9 Å². The fraction of sp³-hybridized carbons (Fsp3) is 0.600. The number of rotatable bonds is 8.